The predicted octanol–water partition coefficient (Wildman–Crippen LogP) is 2.91. The number of hydrazone groups is 1. The first-order chi connectivity index (χ1) is 14.3. The molecule has 154 valence electrons. The van der Waals surface area contributed by atoms with Gasteiger partial charge in [-0.15, -0.1) is 0 Å². The molecule has 2 amide bonds. The van der Waals surface area contributed by atoms with Crippen molar-refractivity contribution in [3.05, 3.63) is 63.7 Å². The van der Waals surface area contributed by atoms with E-state index >= 15 is 0 Å². The van der Waals surface area contributed by atoms with Crippen LogP contribution in [0.5, 0.6) is 0 Å². The third kappa shape index (κ3) is 4.97. The molecule has 0 saturated heterocycles. The monoisotopic (exact) mass is 430 g/mol. The number of para-hydroxylation sites is 1. The number of non-ortho nitro benzene ring substituents is 1. The molecule has 0 atom stereocenters. The van der Waals surface area contributed by atoms with E-state index in [1.807, 2.05) is 0 Å². The van der Waals surface area contributed by atoms with Crippen molar-refractivity contribution in [1.82, 2.24) is 0 Å². The highest BCUT2D eigenvalue weighted by atomic mass is 35.5. The molecule has 10 nitrogen and oxygen atoms in total. The summed E-state index contributed by atoms with van der Waals surface area (Å²) in [5, 5.41) is 18.4. The number of nitro groups is 1. The minimum Gasteiger partial charge on any atom is -0.451 e. The second-order valence-corrected chi connectivity index (χ2v) is 6.54. The topological polar surface area (TPSA) is 131 Å². The van der Waals surface area contributed by atoms with Crippen LogP contribution >= 0.6 is 11.6 Å². The van der Waals surface area contributed by atoms with Gasteiger partial charge in [0, 0.05) is 25.0 Å². The number of nitrogens with zero attached hydrogens (tertiary/aromatic N) is 3. The van der Waals surface area contributed by atoms with E-state index in [4.69, 9.17) is 16.3 Å². The van der Waals surface area contributed by atoms with E-state index in [1.165, 1.54) is 12.1 Å². The van der Waals surface area contributed by atoms with Crippen LogP contribution in [0.25, 0.3) is 0 Å². The van der Waals surface area contributed by atoms with Gasteiger partial charge in [-0.25, -0.2) is 9.80 Å². The molecule has 2 aromatic carbocycles. The summed E-state index contributed by atoms with van der Waals surface area (Å²) in [6.07, 6.45) is 0.150. The van der Waals surface area contributed by atoms with E-state index in [0.29, 0.717) is 5.69 Å². The molecule has 1 aliphatic heterocycles. The predicted molar refractivity (Wildman–Crippen MR) is 108 cm³/mol. The van der Waals surface area contributed by atoms with Crippen LogP contribution in [0.1, 0.15) is 12.8 Å². The van der Waals surface area contributed by atoms with E-state index in [2.05, 4.69) is 10.4 Å². The Balaban J connectivity index is 1.62. The molecule has 1 heterocycles. The highest BCUT2D eigenvalue weighted by Gasteiger charge is 2.27. The van der Waals surface area contributed by atoms with Gasteiger partial charge in [-0.3, -0.25) is 19.7 Å². The summed E-state index contributed by atoms with van der Waals surface area (Å²) in [4.78, 5) is 46.6. The fourth-order valence-electron chi connectivity index (χ4n) is 2.59. The number of ether oxygens (including phenoxy) is 1. The molecule has 0 fully saturated rings. The van der Waals surface area contributed by atoms with Gasteiger partial charge in [0.1, 0.15) is 5.71 Å². The van der Waals surface area contributed by atoms with Crippen molar-refractivity contribution >= 4 is 52.2 Å². The van der Waals surface area contributed by atoms with E-state index < -0.39 is 23.4 Å². The van der Waals surface area contributed by atoms with Crippen LogP contribution in [-0.4, -0.2) is 35.0 Å². The summed E-state index contributed by atoms with van der Waals surface area (Å²) >= 11 is 5.92. The highest BCUT2D eigenvalue weighted by Crippen LogP contribution is 2.26. The van der Waals surface area contributed by atoms with Crippen molar-refractivity contribution in [2.45, 2.75) is 12.8 Å². The van der Waals surface area contributed by atoms with Crippen molar-refractivity contribution in [1.29, 1.82) is 0 Å². The Morgan fingerprint density at radius 2 is 1.93 bits per heavy atom. The molecule has 0 aliphatic carbocycles. The van der Waals surface area contributed by atoms with Crippen LogP contribution in [0.15, 0.2) is 53.6 Å². The number of carbonyl (C=O) groups excluding carboxylic acids is 3. The lowest BCUT2D eigenvalue weighted by Gasteiger charge is -2.22. The van der Waals surface area contributed by atoms with Crippen molar-refractivity contribution < 1.29 is 24.0 Å². The molecule has 0 saturated carbocycles. The Bertz CT molecular complexity index is 1040. The second-order valence-electron chi connectivity index (χ2n) is 6.13. The fourth-order valence-corrected chi connectivity index (χ4v) is 2.76. The van der Waals surface area contributed by atoms with Gasteiger partial charge in [-0.05, 0) is 18.2 Å². The van der Waals surface area contributed by atoms with Crippen LogP contribution in [0, 0.1) is 10.1 Å². The lowest BCUT2D eigenvalue weighted by atomic mass is 10.1. The molecule has 2 aromatic rings. The minimum atomic E-state index is -0.844. The number of hydrogen-bond donors (Lipinski definition) is 1. The number of hydrogen-bond acceptors (Lipinski definition) is 7. The average molecular weight is 431 g/mol. The van der Waals surface area contributed by atoms with Crippen LogP contribution in [0.4, 0.5) is 17.1 Å². The van der Waals surface area contributed by atoms with Gasteiger partial charge in [0.25, 0.3) is 11.6 Å². The number of carbonyl (C=O) groups is 3. The van der Waals surface area contributed by atoms with Crippen LogP contribution in [0.2, 0.25) is 5.02 Å². The maximum absolute atomic E-state index is 12.3. The van der Waals surface area contributed by atoms with Gasteiger partial charge in [-0.1, -0.05) is 29.8 Å². The Morgan fingerprint density at radius 1 is 1.20 bits per heavy atom. The molecule has 0 unspecified atom stereocenters. The van der Waals surface area contributed by atoms with Gasteiger partial charge in [-0.2, -0.15) is 5.10 Å². The Kier molecular flexibility index (Phi) is 6.38. The summed E-state index contributed by atoms with van der Waals surface area (Å²) in [6, 6.07) is 12.1. The first kappa shape index (κ1) is 20.9. The summed E-state index contributed by atoms with van der Waals surface area (Å²) in [7, 11) is 0. The standard InChI is InChI=1S/C19H15ClN4O6/c20-14-7-6-13(24(28)29)10-16(14)21-17(25)11-30-19(27)15-8-9-18(26)23(22-15)12-4-2-1-3-5-12/h1-7,10H,8-9,11H2,(H,21,25). The fraction of sp³-hybridized carbons (Fsp3) is 0.158. The van der Waals surface area contributed by atoms with E-state index in [1.54, 1.807) is 30.3 Å². The van der Waals surface area contributed by atoms with Crippen molar-refractivity contribution in [2.75, 3.05) is 16.9 Å². The van der Waals surface area contributed by atoms with Gasteiger partial charge < -0.3 is 10.1 Å². The van der Waals surface area contributed by atoms with E-state index in [9.17, 15) is 24.5 Å². The number of esters is 1. The first-order valence-corrected chi connectivity index (χ1v) is 9.09. The third-order valence-electron chi connectivity index (χ3n) is 4.04. The zero-order valence-electron chi connectivity index (χ0n) is 15.4. The lowest BCUT2D eigenvalue weighted by Crippen LogP contribution is -2.35. The largest absolute Gasteiger partial charge is 0.451 e. The summed E-state index contributed by atoms with van der Waals surface area (Å²) in [5.41, 5.74) is 0.266. The van der Waals surface area contributed by atoms with E-state index in [0.717, 1.165) is 11.1 Å². The second kappa shape index (κ2) is 9.14. The van der Waals surface area contributed by atoms with Gasteiger partial charge >= 0.3 is 5.97 Å². The lowest BCUT2D eigenvalue weighted by molar-refractivity contribution is -0.384. The average Bonchev–Trinajstić information content (AvgIpc) is 2.74. The minimum absolute atomic E-state index is 0.000339. The molecule has 11 heteroatoms. The number of halogens is 1. The molecule has 0 bridgehead atoms. The van der Waals surface area contributed by atoms with Crippen LogP contribution in [0.3, 0.4) is 0 Å². The molecule has 0 radical (unpaired) electrons. The van der Waals surface area contributed by atoms with Crippen LogP contribution in [-0.2, 0) is 19.1 Å². The van der Waals surface area contributed by atoms with Crippen LogP contribution < -0.4 is 10.3 Å². The Labute approximate surface area is 175 Å². The Morgan fingerprint density at radius 3 is 2.63 bits per heavy atom. The maximum Gasteiger partial charge on any atom is 0.355 e. The summed E-state index contributed by atoms with van der Waals surface area (Å²) in [5.74, 6) is -1.85. The summed E-state index contributed by atoms with van der Waals surface area (Å²) in [6.45, 7) is -0.657. The van der Waals surface area contributed by atoms with Gasteiger partial charge in [0.2, 0.25) is 5.91 Å². The van der Waals surface area contributed by atoms with Gasteiger partial charge in [0.15, 0.2) is 6.61 Å². The summed E-state index contributed by atoms with van der Waals surface area (Å²) < 4.78 is 4.96. The third-order valence-corrected chi connectivity index (χ3v) is 4.37. The SMILES string of the molecule is O=C(COC(=O)C1=NN(c2ccccc2)C(=O)CC1)Nc1cc([N+](=O)[O-])ccc1Cl. The number of rotatable bonds is 6. The molecule has 30 heavy (non-hydrogen) atoms. The quantitative estimate of drug-likeness (QED) is 0.426. The first-order valence-electron chi connectivity index (χ1n) is 8.71. The molecular weight excluding hydrogens is 416 g/mol. The molecule has 0 spiro atoms. The molecule has 0 aromatic heterocycles. The number of nitro benzene ring substituents is 1. The smallest absolute Gasteiger partial charge is 0.355 e. The molecule has 1 N–H and O–H groups in total. The molecule has 3 rings (SSSR count). The maximum atomic E-state index is 12.3. The van der Waals surface area contributed by atoms with E-state index in [-0.39, 0.29) is 40.9 Å². The van der Waals surface area contributed by atoms with Crippen molar-refractivity contribution in [3.63, 3.8) is 0 Å². The van der Waals surface area contributed by atoms with Crippen molar-refractivity contribution in [3.8, 4) is 0 Å². The normalized spacial score (nSPS) is 13.4. The number of amides is 2. The number of nitrogens with one attached hydrogen (secondary N) is 1. The van der Waals surface area contributed by atoms with Crippen molar-refractivity contribution in [2.24, 2.45) is 5.10 Å². The number of anilines is 2. The zero-order chi connectivity index (χ0) is 21.7. The molecular formula is C19H15ClN4O6. The van der Waals surface area contributed by atoms with Gasteiger partial charge in [0.05, 0.1) is 21.3 Å². The zero-order valence-corrected chi connectivity index (χ0v) is 16.2. The highest BCUT2D eigenvalue weighted by molar-refractivity contribution is 6.38. The molecule has 1 aliphatic rings. The Hall–Kier alpha value is -3.79. The number of benzene rings is 2.